The summed E-state index contributed by atoms with van der Waals surface area (Å²) in [7, 11) is -4.21. The zero-order valence-corrected chi connectivity index (χ0v) is 14.3. The molecule has 0 fully saturated rings. The number of nitrogens with zero attached hydrogens (tertiary/aromatic N) is 1. The molecule has 0 aromatic heterocycles. The van der Waals surface area contributed by atoms with Crippen molar-refractivity contribution in [1.29, 1.82) is 0 Å². The van der Waals surface area contributed by atoms with Gasteiger partial charge in [0, 0.05) is 24.7 Å². The number of hydrogen-bond donors (Lipinski definition) is 0. The second-order valence-electron chi connectivity index (χ2n) is 5.85. The van der Waals surface area contributed by atoms with Crippen LogP contribution < -0.4 is 9.08 Å². The quantitative estimate of drug-likeness (QED) is 0.783. The predicted octanol–water partition coefficient (Wildman–Crippen LogP) is 3.03. The van der Waals surface area contributed by atoms with E-state index in [1.165, 1.54) is 19.1 Å². The van der Waals surface area contributed by atoms with Crippen LogP contribution in [0.5, 0.6) is 5.75 Å². The van der Waals surface area contributed by atoms with Gasteiger partial charge >= 0.3 is 10.1 Å². The third-order valence-corrected chi connectivity index (χ3v) is 5.23. The Bertz CT molecular complexity index is 959. The molecule has 0 saturated heterocycles. The zero-order valence-electron chi connectivity index (χ0n) is 13.5. The molecule has 5 nitrogen and oxygen atoms in total. The molecular formula is C17H15F2NO4S. The SMILES string of the molecule is CC(=O)N1c2ccc(S(=O)(=O)Oc3ccc(F)c(F)c3)cc2C[C@@H]1C. The first-order valence-corrected chi connectivity index (χ1v) is 8.92. The molecule has 0 radical (unpaired) electrons. The molecule has 2 aromatic rings. The van der Waals surface area contributed by atoms with Gasteiger partial charge in [-0.25, -0.2) is 8.78 Å². The lowest BCUT2D eigenvalue weighted by Crippen LogP contribution is -2.33. The summed E-state index contributed by atoms with van der Waals surface area (Å²) in [5.74, 6) is -2.74. The first-order chi connectivity index (χ1) is 11.7. The van der Waals surface area contributed by atoms with Gasteiger partial charge < -0.3 is 9.08 Å². The lowest BCUT2D eigenvalue weighted by molar-refractivity contribution is -0.116. The number of fused-ring (bicyclic) bond motifs is 1. The Kier molecular flexibility index (Phi) is 4.24. The summed E-state index contributed by atoms with van der Waals surface area (Å²) in [5.41, 5.74) is 1.37. The van der Waals surface area contributed by atoms with Crippen LogP contribution in [0.3, 0.4) is 0 Å². The number of amides is 1. The molecule has 0 bridgehead atoms. The van der Waals surface area contributed by atoms with Gasteiger partial charge in [0.2, 0.25) is 5.91 Å². The summed E-state index contributed by atoms with van der Waals surface area (Å²) < 4.78 is 55.8. The van der Waals surface area contributed by atoms with Crippen LogP contribution in [-0.4, -0.2) is 20.4 Å². The second kappa shape index (κ2) is 6.11. The van der Waals surface area contributed by atoms with E-state index in [0.29, 0.717) is 23.7 Å². The molecule has 132 valence electrons. The minimum absolute atomic E-state index is 0.0717. The highest BCUT2D eigenvalue weighted by Crippen LogP contribution is 2.34. The number of rotatable bonds is 3. The largest absolute Gasteiger partial charge is 0.379 e. The van der Waals surface area contributed by atoms with Crippen LogP contribution >= 0.6 is 0 Å². The van der Waals surface area contributed by atoms with E-state index in [2.05, 4.69) is 0 Å². The highest BCUT2D eigenvalue weighted by atomic mass is 32.2. The van der Waals surface area contributed by atoms with Crippen LogP contribution in [-0.2, 0) is 21.3 Å². The molecule has 0 saturated carbocycles. The summed E-state index contributed by atoms with van der Waals surface area (Å²) in [5, 5.41) is 0. The zero-order chi connectivity index (χ0) is 18.4. The van der Waals surface area contributed by atoms with Crippen LogP contribution in [0.2, 0.25) is 0 Å². The molecule has 1 amide bonds. The fraction of sp³-hybridized carbons (Fsp3) is 0.235. The van der Waals surface area contributed by atoms with Crippen molar-refractivity contribution in [1.82, 2.24) is 0 Å². The number of carbonyl (C=O) groups excluding carboxylic acids is 1. The van der Waals surface area contributed by atoms with E-state index in [-0.39, 0.29) is 22.6 Å². The normalized spacial score (nSPS) is 16.6. The van der Waals surface area contributed by atoms with E-state index >= 15 is 0 Å². The van der Waals surface area contributed by atoms with Crippen molar-refractivity contribution in [2.24, 2.45) is 0 Å². The molecule has 0 aliphatic carbocycles. The van der Waals surface area contributed by atoms with E-state index in [1.54, 1.807) is 11.0 Å². The molecule has 0 unspecified atom stereocenters. The van der Waals surface area contributed by atoms with E-state index in [9.17, 15) is 22.0 Å². The van der Waals surface area contributed by atoms with Gasteiger partial charge in [0.15, 0.2) is 11.6 Å². The fourth-order valence-corrected chi connectivity index (χ4v) is 3.92. The highest BCUT2D eigenvalue weighted by molar-refractivity contribution is 7.87. The van der Waals surface area contributed by atoms with Crippen molar-refractivity contribution in [3.63, 3.8) is 0 Å². The Labute approximate surface area is 144 Å². The lowest BCUT2D eigenvalue weighted by Gasteiger charge is -2.20. The van der Waals surface area contributed by atoms with Crippen molar-refractivity contribution < 1.29 is 26.2 Å². The molecule has 2 aromatic carbocycles. The maximum absolute atomic E-state index is 13.2. The summed E-state index contributed by atoms with van der Waals surface area (Å²) in [6.07, 6.45) is 0.517. The molecule has 0 spiro atoms. The summed E-state index contributed by atoms with van der Waals surface area (Å²) in [6, 6.07) is 6.71. The number of halogens is 2. The van der Waals surface area contributed by atoms with E-state index < -0.39 is 21.8 Å². The molecule has 1 atom stereocenters. The van der Waals surface area contributed by atoms with Gasteiger partial charge in [-0.15, -0.1) is 0 Å². The lowest BCUT2D eigenvalue weighted by atomic mass is 10.1. The Morgan fingerprint density at radius 1 is 1.16 bits per heavy atom. The topological polar surface area (TPSA) is 63.7 Å². The Hall–Kier alpha value is -2.48. The van der Waals surface area contributed by atoms with Crippen molar-refractivity contribution in [2.75, 3.05) is 4.90 Å². The standard InChI is InChI=1S/C17H15F2NO4S/c1-10-7-12-8-14(4-6-17(12)20(10)11(2)21)25(22,23)24-13-3-5-15(18)16(19)9-13/h3-6,8-10H,7H2,1-2H3/t10-/m0/s1. The number of hydrogen-bond acceptors (Lipinski definition) is 4. The molecule has 1 aliphatic rings. The minimum Gasteiger partial charge on any atom is -0.379 e. The van der Waals surface area contributed by atoms with E-state index in [1.807, 2.05) is 6.92 Å². The number of carbonyl (C=O) groups is 1. The van der Waals surface area contributed by atoms with Crippen molar-refractivity contribution in [2.45, 2.75) is 31.2 Å². The van der Waals surface area contributed by atoms with Gasteiger partial charge in [0.05, 0.1) is 0 Å². The van der Waals surface area contributed by atoms with Gasteiger partial charge in [0.1, 0.15) is 10.6 Å². The van der Waals surface area contributed by atoms with Gasteiger partial charge in [-0.3, -0.25) is 4.79 Å². The van der Waals surface area contributed by atoms with Crippen LogP contribution in [0.4, 0.5) is 14.5 Å². The average molecular weight is 367 g/mol. The van der Waals surface area contributed by atoms with E-state index in [4.69, 9.17) is 4.18 Å². The van der Waals surface area contributed by atoms with Crippen molar-refractivity contribution in [3.8, 4) is 5.75 Å². The maximum atomic E-state index is 13.2. The first kappa shape index (κ1) is 17.3. The van der Waals surface area contributed by atoms with Crippen molar-refractivity contribution >= 4 is 21.7 Å². The summed E-state index contributed by atoms with van der Waals surface area (Å²) in [4.78, 5) is 13.2. The van der Waals surface area contributed by atoms with Gasteiger partial charge in [-0.1, -0.05) is 0 Å². The van der Waals surface area contributed by atoms with Gasteiger partial charge in [-0.05, 0) is 49.2 Å². The predicted molar refractivity (Wildman–Crippen MR) is 86.9 cm³/mol. The Morgan fingerprint density at radius 2 is 1.88 bits per heavy atom. The van der Waals surface area contributed by atoms with Gasteiger partial charge in [0.25, 0.3) is 0 Å². The molecule has 1 aliphatic heterocycles. The minimum atomic E-state index is -4.21. The average Bonchev–Trinajstić information content (AvgIpc) is 2.85. The molecule has 1 heterocycles. The fourth-order valence-electron chi connectivity index (χ4n) is 2.95. The van der Waals surface area contributed by atoms with Gasteiger partial charge in [-0.2, -0.15) is 8.42 Å². The third kappa shape index (κ3) is 3.21. The monoisotopic (exact) mass is 367 g/mol. The molecule has 25 heavy (non-hydrogen) atoms. The Morgan fingerprint density at radius 3 is 2.52 bits per heavy atom. The molecular weight excluding hydrogens is 352 g/mol. The van der Waals surface area contributed by atoms with Crippen LogP contribution in [0.15, 0.2) is 41.3 Å². The van der Waals surface area contributed by atoms with Crippen LogP contribution in [0, 0.1) is 11.6 Å². The van der Waals surface area contributed by atoms with Crippen molar-refractivity contribution in [3.05, 3.63) is 53.6 Å². The van der Waals surface area contributed by atoms with Crippen LogP contribution in [0.25, 0.3) is 0 Å². The highest BCUT2D eigenvalue weighted by Gasteiger charge is 2.30. The maximum Gasteiger partial charge on any atom is 0.339 e. The number of benzene rings is 2. The Balaban J connectivity index is 1.93. The first-order valence-electron chi connectivity index (χ1n) is 7.51. The molecule has 8 heteroatoms. The molecule has 0 N–H and O–H groups in total. The third-order valence-electron chi connectivity index (χ3n) is 3.99. The van der Waals surface area contributed by atoms with E-state index in [0.717, 1.165) is 12.1 Å². The van der Waals surface area contributed by atoms with Crippen LogP contribution in [0.1, 0.15) is 19.4 Å². The second-order valence-corrected chi connectivity index (χ2v) is 7.39. The number of anilines is 1. The smallest absolute Gasteiger partial charge is 0.339 e. The molecule has 3 rings (SSSR count). The summed E-state index contributed by atoms with van der Waals surface area (Å²) in [6.45, 7) is 3.32. The summed E-state index contributed by atoms with van der Waals surface area (Å²) >= 11 is 0.